The summed E-state index contributed by atoms with van der Waals surface area (Å²) < 4.78 is 10.9. The van der Waals surface area contributed by atoms with E-state index in [4.69, 9.17) is 9.47 Å². The fourth-order valence-electron chi connectivity index (χ4n) is 3.53. The summed E-state index contributed by atoms with van der Waals surface area (Å²) in [5.74, 6) is 0.567. The Morgan fingerprint density at radius 1 is 1.27 bits per heavy atom. The number of amides is 1. The van der Waals surface area contributed by atoms with Crippen molar-refractivity contribution in [1.82, 2.24) is 4.90 Å². The van der Waals surface area contributed by atoms with Crippen molar-refractivity contribution in [1.29, 1.82) is 0 Å². The highest BCUT2D eigenvalue weighted by Gasteiger charge is 2.38. The number of likely N-dealkylation sites (tertiary alicyclic amines) is 1. The molecule has 2 rings (SSSR count). The summed E-state index contributed by atoms with van der Waals surface area (Å²) in [7, 11) is 1.74. The summed E-state index contributed by atoms with van der Waals surface area (Å²) in [6.45, 7) is 6.56. The predicted octanol–water partition coefficient (Wildman–Crippen LogP) is 3.02. The van der Waals surface area contributed by atoms with Crippen molar-refractivity contribution in [2.75, 3.05) is 20.2 Å². The standard InChI is InChI=1S/C17H29NO4/c1-17(2,3)22-16(20)18-9-8-15(19)14(11-18)12-6-5-7-13(10-12)21-4/h12-14H,5-11H2,1-4H3. The maximum atomic E-state index is 12.3. The predicted molar refractivity (Wildman–Crippen MR) is 83.7 cm³/mol. The number of ether oxygens (including phenoxy) is 2. The maximum Gasteiger partial charge on any atom is 0.410 e. The van der Waals surface area contributed by atoms with Gasteiger partial charge in [-0.05, 0) is 46.0 Å². The molecule has 2 fully saturated rings. The highest BCUT2D eigenvalue weighted by atomic mass is 16.6. The van der Waals surface area contributed by atoms with Crippen molar-refractivity contribution < 1.29 is 19.1 Å². The number of ketones is 1. The second kappa shape index (κ2) is 6.99. The summed E-state index contributed by atoms with van der Waals surface area (Å²) in [6.07, 6.45) is 4.54. The van der Waals surface area contributed by atoms with Crippen LogP contribution in [0.3, 0.4) is 0 Å². The van der Waals surface area contributed by atoms with Gasteiger partial charge >= 0.3 is 6.09 Å². The van der Waals surface area contributed by atoms with E-state index in [1.54, 1.807) is 12.0 Å². The second-order valence-electron chi connectivity index (χ2n) is 7.53. The van der Waals surface area contributed by atoms with Gasteiger partial charge in [0, 0.05) is 32.5 Å². The molecule has 5 nitrogen and oxygen atoms in total. The van der Waals surface area contributed by atoms with Crippen molar-refractivity contribution in [3.05, 3.63) is 0 Å². The molecular formula is C17H29NO4. The van der Waals surface area contributed by atoms with Gasteiger partial charge in [0.25, 0.3) is 0 Å². The minimum atomic E-state index is -0.500. The Morgan fingerprint density at radius 2 is 2.00 bits per heavy atom. The Bertz CT molecular complexity index is 415. The Balaban J connectivity index is 1.99. The molecule has 2 aliphatic rings. The Kier molecular flexibility index (Phi) is 5.48. The van der Waals surface area contributed by atoms with Gasteiger partial charge in [-0.25, -0.2) is 4.79 Å². The molecule has 1 saturated carbocycles. The molecule has 1 heterocycles. The lowest BCUT2D eigenvalue weighted by Gasteiger charge is -2.39. The van der Waals surface area contributed by atoms with Crippen LogP contribution in [0.5, 0.6) is 0 Å². The number of piperidine rings is 1. The van der Waals surface area contributed by atoms with Crippen LogP contribution in [0, 0.1) is 11.8 Å². The highest BCUT2D eigenvalue weighted by molar-refractivity contribution is 5.84. The molecule has 0 aromatic carbocycles. The number of carbonyl (C=O) groups is 2. The zero-order valence-corrected chi connectivity index (χ0v) is 14.3. The van der Waals surface area contributed by atoms with E-state index in [1.807, 2.05) is 20.8 Å². The quantitative estimate of drug-likeness (QED) is 0.786. The first-order valence-electron chi connectivity index (χ1n) is 8.33. The van der Waals surface area contributed by atoms with Crippen molar-refractivity contribution in [3.63, 3.8) is 0 Å². The molecule has 0 radical (unpaired) electrons. The third-order valence-corrected chi connectivity index (χ3v) is 4.68. The number of Topliss-reactive ketones (excluding diaryl/α,β-unsaturated/α-hetero) is 1. The third-order valence-electron chi connectivity index (χ3n) is 4.68. The molecule has 0 spiro atoms. The average Bonchev–Trinajstić information content (AvgIpc) is 2.46. The SMILES string of the molecule is COC1CCCC(C2CN(C(=O)OC(C)(C)C)CCC2=O)C1. The van der Waals surface area contributed by atoms with Crippen LogP contribution in [0.2, 0.25) is 0 Å². The van der Waals surface area contributed by atoms with Crippen LogP contribution in [0.15, 0.2) is 0 Å². The normalized spacial score (nSPS) is 30.3. The first-order valence-corrected chi connectivity index (χ1v) is 8.33. The first kappa shape index (κ1) is 17.3. The minimum Gasteiger partial charge on any atom is -0.444 e. The summed E-state index contributed by atoms with van der Waals surface area (Å²) in [5.41, 5.74) is -0.500. The molecule has 0 aromatic heterocycles. The molecule has 0 N–H and O–H groups in total. The number of methoxy groups -OCH3 is 1. The zero-order chi connectivity index (χ0) is 16.3. The van der Waals surface area contributed by atoms with Gasteiger partial charge in [-0.1, -0.05) is 6.42 Å². The third kappa shape index (κ3) is 4.45. The van der Waals surface area contributed by atoms with Crippen molar-refractivity contribution >= 4 is 11.9 Å². The molecule has 22 heavy (non-hydrogen) atoms. The van der Waals surface area contributed by atoms with Crippen LogP contribution in [0.1, 0.15) is 52.9 Å². The van der Waals surface area contributed by atoms with E-state index in [1.165, 1.54) is 0 Å². The number of carbonyl (C=O) groups excluding carboxylic acids is 2. The fraction of sp³-hybridized carbons (Fsp3) is 0.882. The van der Waals surface area contributed by atoms with E-state index in [0.29, 0.717) is 31.2 Å². The van der Waals surface area contributed by atoms with Crippen molar-refractivity contribution in [2.45, 2.75) is 64.6 Å². The van der Waals surface area contributed by atoms with Gasteiger partial charge in [-0.3, -0.25) is 4.79 Å². The second-order valence-corrected chi connectivity index (χ2v) is 7.53. The van der Waals surface area contributed by atoms with Gasteiger partial charge in [-0.15, -0.1) is 0 Å². The van der Waals surface area contributed by atoms with Crippen LogP contribution in [-0.2, 0) is 14.3 Å². The largest absolute Gasteiger partial charge is 0.444 e. The molecule has 126 valence electrons. The van der Waals surface area contributed by atoms with E-state index < -0.39 is 5.60 Å². The van der Waals surface area contributed by atoms with Gasteiger partial charge in [0.1, 0.15) is 11.4 Å². The smallest absolute Gasteiger partial charge is 0.410 e. The number of nitrogens with zero attached hydrogens (tertiary/aromatic N) is 1. The first-order chi connectivity index (χ1) is 10.3. The van der Waals surface area contributed by atoms with E-state index in [9.17, 15) is 9.59 Å². The molecule has 3 unspecified atom stereocenters. The van der Waals surface area contributed by atoms with E-state index >= 15 is 0 Å². The summed E-state index contributed by atoms with van der Waals surface area (Å²) in [6, 6.07) is 0. The van der Waals surface area contributed by atoms with Crippen molar-refractivity contribution in [2.24, 2.45) is 11.8 Å². The molecule has 1 aliphatic carbocycles. The topological polar surface area (TPSA) is 55.8 Å². The van der Waals surface area contributed by atoms with Crippen LogP contribution in [-0.4, -0.2) is 48.7 Å². The van der Waals surface area contributed by atoms with Gasteiger partial charge in [0.05, 0.1) is 6.10 Å². The molecule has 1 aliphatic heterocycles. The van der Waals surface area contributed by atoms with Gasteiger partial charge in [0.15, 0.2) is 0 Å². The molecule has 0 bridgehead atoms. The molecule has 3 atom stereocenters. The summed E-state index contributed by atoms with van der Waals surface area (Å²) >= 11 is 0. The monoisotopic (exact) mass is 311 g/mol. The van der Waals surface area contributed by atoms with Crippen LogP contribution in [0.25, 0.3) is 0 Å². The van der Waals surface area contributed by atoms with Crippen LogP contribution < -0.4 is 0 Å². The number of rotatable bonds is 2. The van der Waals surface area contributed by atoms with Gasteiger partial charge in [0.2, 0.25) is 0 Å². The lowest BCUT2D eigenvalue weighted by Crippen LogP contribution is -2.49. The molecule has 5 heteroatoms. The molecular weight excluding hydrogens is 282 g/mol. The van der Waals surface area contributed by atoms with E-state index in [0.717, 1.165) is 25.7 Å². The highest BCUT2D eigenvalue weighted by Crippen LogP contribution is 2.34. The Hall–Kier alpha value is -1.10. The number of hydrogen-bond donors (Lipinski definition) is 0. The maximum absolute atomic E-state index is 12.3. The Labute approximate surface area is 133 Å². The summed E-state index contributed by atoms with van der Waals surface area (Å²) in [5, 5.41) is 0. The average molecular weight is 311 g/mol. The van der Waals surface area contributed by atoms with Crippen LogP contribution >= 0.6 is 0 Å². The lowest BCUT2D eigenvalue weighted by atomic mass is 9.75. The lowest BCUT2D eigenvalue weighted by molar-refractivity contribution is -0.129. The zero-order valence-electron chi connectivity index (χ0n) is 14.3. The van der Waals surface area contributed by atoms with E-state index in [2.05, 4.69) is 0 Å². The number of hydrogen-bond acceptors (Lipinski definition) is 4. The molecule has 1 saturated heterocycles. The fourth-order valence-corrected chi connectivity index (χ4v) is 3.53. The Morgan fingerprint density at radius 3 is 2.64 bits per heavy atom. The van der Waals surface area contributed by atoms with Gasteiger partial charge < -0.3 is 14.4 Å². The molecule has 0 aromatic rings. The minimum absolute atomic E-state index is 0.0563. The van der Waals surface area contributed by atoms with Crippen molar-refractivity contribution in [3.8, 4) is 0 Å². The molecule has 1 amide bonds. The van der Waals surface area contributed by atoms with Gasteiger partial charge in [-0.2, -0.15) is 0 Å². The van der Waals surface area contributed by atoms with Crippen LogP contribution in [0.4, 0.5) is 4.79 Å². The summed E-state index contributed by atoms with van der Waals surface area (Å²) in [4.78, 5) is 26.3. The van der Waals surface area contributed by atoms with E-state index in [-0.39, 0.29) is 18.1 Å².